The van der Waals surface area contributed by atoms with Gasteiger partial charge in [0.2, 0.25) is 0 Å². The van der Waals surface area contributed by atoms with Crippen molar-refractivity contribution in [2.75, 3.05) is 0 Å². The number of rotatable bonds is 3. The molecule has 7 nitrogen and oxygen atoms in total. The SMILES string of the molecule is Cc1cccc(C(=O)NNC(=O)c2nn(-c3ccccc3)cc2O)c1. The summed E-state index contributed by atoms with van der Waals surface area (Å²) in [6, 6.07) is 16.0. The minimum Gasteiger partial charge on any atom is -0.504 e. The van der Waals surface area contributed by atoms with Crippen LogP contribution in [0.5, 0.6) is 5.75 Å². The second kappa shape index (κ2) is 6.88. The van der Waals surface area contributed by atoms with Crippen molar-refractivity contribution in [2.45, 2.75) is 6.92 Å². The minimum absolute atomic E-state index is 0.187. The molecule has 0 aliphatic rings. The van der Waals surface area contributed by atoms with Gasteiger partial charge in [0, 0.05) is 5.56 Å². The monoisotopic (exact) mass is 336 g/mol. The van der Waals surface area contributed by atoms with Gasteiger partial charge >= 0.3 is 0 Å². The molecule has 0 unspecified atom stereocenters. The molecule has 0 saturated carbocycles. The molecule has 25 heavy (non-hydrogen) atoms. The maximum atomic E-state index is 12.2. The number of carbonyl (C=O) groups is 2. The highest BCUT2D eigenvalue weighted by Crippen LogP contribution is 2.17. The number of amides is 2. The van der Waals surface area contributed by atoms with Crippen LogP contribution in [0.3, 0.4) is 0 Å². The molecule has 1 aromatic heterocycles. The van der Waals surface area contributed by atoms with E-state index in [0.29, 0.717) is 11.3 Å². The topological polar surface area (TPSA) is 96.3 Å². The molecule has 0 fully saturated rings. The van der Waals surface area contributed by atoms with Crippen LogP contribution < -0.4 is 10.9 Å². The summed E-state index contributed by atoms with van der Waals surface area (Å²) in [6.07, 6.45) is 1.33. The van der Waals surface area contributed by atoms with Crippen molar-refractivity contribution in [1.82, 2.24) is 20.6 Å². The number of hydrazine groups is 1. The van der Waals surface area contributed by atoms with Crippen molar-refractivity contribution in [3.05, 3.63) is 77.6 Å². The quantitative estimate of drug-likeness (QED) is 0.637. The Kier molecular flexibility index (Phi) is 4.47. The Morgan fingerprint density at radius 1 is 1.00 bits per heavy atom. The summed E-state index contributed by atoms with van der Waals surface area (Å²) in [4.78, 5) is 24.2. The smallest absolute Gasteiger partial charge is 0.294 e. The second-order valence-electron chi connectivity index (χ2n) is 5.42. The minimum atomic E-state index is -0.715. The van der Waals surface area contributed by atoms with Crippen LogP contribution >= 0.6 is 0 Å². The van der Waals surface area contributed by atoms with Crippen molar-refractivity contribution in [2.24, 2.45) is 0 Å². The van der Waals surface area contributed by atoms with Crippen LogP contribution in [0.4, 0.5) is 0 Å². The van der Waals surface area contributed by atoms with Gasteiger partial charge in [-0.25, -0.2) is 4.68 Å². The Morgan fingerprint density at radius 3 is 2.44 bits per heavy atom. The molecule has 0 radical (unpaired) electrons. The second-order valence-corrected chi connectivity index (χ2v) is 5.42. The first-order valence-electron chi connectivity index (χ1n) is 7.56. The van der Waals surface area contributed by atoms with Gasteiger partial charge in [-0.05, 0) is 31.2 Å². The molecular weight excluding hydrogens is 320 g/mol. The molecule has 0 aliphatic carbocycles. The van der Waals surface area contributed by atoms with E-state index < -0.39 is 11.8 Å². The lowest BCUT2D eigenvalue weighted by molar-refractivity contribution is 0.0842. The molecule has 3 N–H and O–H groups in total. The standard InChI is InChI=1S/C18H16N4O3/c1-12-6-5-7-13(10-12)17(24)19-20-18(25)16-15(23)11-22(21-16)14-8-3-2-4-9-14/h2-11,23H,1H3,(H,19,24)(H,20,25). The number of para-hydroxylation sites is 1. The number of carbonyl (C=O) groups excluding carboxylic acids is 2. The Hall–Kier alpha value is -3.61. The van der Waals surface area contributed by atoms with Gasteiger partial charge in [-0.1, -0.05) is 35.9 Å². The third-order valence-electron chi connectivity index (χ3n) is 3.50. The highest BCUT2D eigenvalue weighted by atomic mass is 16.3. The van der Waals surface area contributed by atoms with Gasteiger partial charge in [0.05, 0.1) is 11.9 Å². The molecule has 2 amide bonds. The van der Waals surface area contributed by atoms with Gasteiger partial charge in [0.15, 0.2) is 11.4 Å². The zero-order valence-corrected chi connectivity index (χ0v) is 13.4. The van der Waals surface area contributed by atoms with Gasteiger partial charge in [-0.3, -0.25) is 20.4 Å². The van der Waals surface area contributed by atoms with E-state index in [1.807, 2.05) is 31.2 Å². The molecule has 1 heterocycles. The van der Waals surface area contributed by atoms with Crippen molar-refractivity contribution >= 4 is 11.8 Å². The normalized spacial score (nSPS) is 10.3. The summed E-state index contributed by atoms with van der Waals surface area (Å²) in [5.41, 5.74) is 6.40. The number of nitrogens with zero attached hydrogens (tertiary/aromatic N) is 2. The molecule has 0 spiro atoms. The first kappa shape index (κ1) is 16.3. The molecule has 3 rings (SSSR count). The lowest BCUT2D eigenvalue weighted by atomic mass is 10.1. The number of aryl methyl sites for hydroxylation is 1. The third kappa shape index (κ3) is 3.66. The number of hydrogen-bond acceptors (Lipinski definition) is 4. The molecule has 0 bridgehead atoms. The molecule has 7 heteroatoms. The van der Waals surface area contributed by atoms with Gasteiger partial charge in [0.1, 0.15) is 0 Å². The predicted octanol–water partition coefficient (Wildman–Crippen LogP) is 1.96. The molecule has 0 atom stereocenters. The average Bonchev–Trinajstić information content (AvgIpc) is 3.02. The number of aromatic nitrogens is 2. The van der Waals surface area contributed by atoms with E-state index in [0.717, 1.165) is 5.56 Å². The summed E-state index contributed by atoms with van der Waals surface area (Å²) < 4.78 is 1.38. The van der Waals surface area contributed by atoms with Crippen LogP contribution in [-0.2, 0) is 0 Å². The van der Waals surface area contributed by atoms with E-state index in [2.05, 4.69) is 16.0 Å². The van der Waals surface area contributed by atoms with Gasteiger partial charge in [-0.15, -0.1) is 0 Å². The number of aromatic hydroxyl groups is 1. The fourth-order valence-corrected chi connectivity index (χ4v) is 2.27. The number of hydrogen-bond donors (Lipinski definition) is 3. The first-order valence-corrected chi connectivity index (χ1v) is 7.56. The number of nitrogens with one attached hydrogen (secondary N) is 2. The van der Waals surface area contributed by atoms with Gasteiger partial charge in [-0.2, -0.15) is 5.10 Å². The fourth-order valence-electron chi connectivity index (χ4n) is 2.27. The molecule has 0 aliphatic heterocycles. The number of benzene rings is 2. The zero-order valence-electron chi connectivity index (χ0n) is 13.4. The van der Waals surface area contributed by atoms with Crippen LogP contribution in [0.25, 0.3) is 5.69 Å². The highest BCUT2D eigenvalue weighted by Gasteiger charge is 2.18. The van der Waals surface area contributed by atoms with E-state index in [9.17, 15) is 14.7 Å². The van der Waals surface area contributed by atoms with Crippen LogP contribution in [0.1, 0.15) is 26.4 Å². The van der Waals surface area contributed by atoms with Crippen LogP contribution in [0, 0.1) is 6.92 Å². The maximum absolute atomic E-state index is 12.2. The van der Waals surface area contributed by atoms with E-state index in [1.54, 1.807) is 30.3 Å². The van der Waals surface area contributed by atoms with Gasteiger partial charge < -0.3 is 5.11 Å². The first-order chi connectivity index (χ1) is 12.0. The van der Waals surface area contributed by atoms with Crippen molar-refractivity contribution in [3.63, 3.8) is 0 Å². The van der Waals surface area contributed by atoms with Crippen molar-refractivity contribution in [1.29, 1.82) is 0 Å². The Labute approximate surface area is 143 Å². The van der Waals surface area contributed by atoms with Crippen molar-refractivity contribution < 1.29 is 14.7 Å². The Balaban J connectivity index is 1.70. The highest BCUT2D eigenvalue weighted by molar-refractivity contribution is 5.99. The van der Waals surface area contributed by atoms with E-state index in [-0.39, 0.29) is 11.4 Å². The third-order valence-corrected chi connectivity index (χ3v) is 3.50. The summed E-state index contributed by atoms with van der Waals surface area (Å²) >= 11 is 0. The van der Waals surface area contributed by atoms with Crippen molar-refractivity contribution in [3.8, 4) is 11.4 Å². The molecule has 3 aromatic rings. The Bertz CT molecular complexity index is 919. The average molecular weight is 336 g/mol. The lowest BCUT2D eigenvalue weighted by Crippen LogP contribution is -2.41. The summed E-state index contributed by atoms with van der Waals surface area (Å²) in [7, 11) is 0. The van der Waals surface area contributed by atoms with Crippen LogP contribution in [-0.4, -0.2) is 26.7 Å². The molecule has 2 aromatic carbocycles. The summed E-state index contributed by atoms with van der Waals surface area (Å²) in [5.74, 6) is -1.46. The zero-order chi connectivity index (χ0) is 17.8. The molecule has 0 saturated heterocycles. The Morgan fingerprint density at radius 2 is 1.72 bits per heavy atom. The lowest BCUT2D eigenvalue weighted by Gasteiger charge is -2.06. The maximum Gasteiger partial charge on any atom is 0.294 e. The summed E-state index contributed by atoms with van der Waals surface area (Å²) in [5, 5.41) is 14.0. The largest absolute Gasteiger partial charge is 0.504 e. The van der Waals surface area contributed by atoms with Gasteiger partial charge in [0.25, 0.3) is 11.8 Å². The summed E-state index contributed by atoms with van der Waals surface area (Å²) in [6.45, 7) is 1.86. The van der Waals surface area contributed by atoms with E-state index in [4.69, 9.17) is 0 Å². The van der Waals surface area contributed by atoms with Crippen LogP contribution in [0.15, 0.2) is 60.8 Å². The predicted molar refractivity (Wildman–Crippen MR) is 91.3 cm³/mol. The molecule has 126 valence electrons. The fraction of sp³-hybridized carbons (Fsp3) is 0.0556. The molecular formula is C18H16N4O3. The van der Waals surface area contributed by atoms with E-state index >= 15 is 0 Å². The van der Waals surface area contributed by atoms with E-state index in [1.165, 1.54) is 10.9 Å². The van der Waals surface area contributed by atoms with Crippen LogP contribution in [0.2, 0.25) is 0 Å².